The van der Waals surface area contributed by atoms with E-state index in [1.165, 1.54) is 18.3 Å². The molecule has 3 rings (SSSR count). The Kier molecular flexibility index (Phi) is 8.07. The molecule has 0 spiro atoms. The van der Waals surface area contributed by atoms with Gasteiger partial charge in [-0.2, -0.15) is 5.10 Å². The summed E-state index contributed by atoms with van der Waals surface area (Å²) >= 11 is 0. The number of aryl methyl sites for hydroxylation is 2. The van der Waals surface area contributed by atoms with Crippen molar-refractivity contribution >= 4 is 27.8 Å². The number of nitrogens with zero attached hydrogens (tertiary/aromatic N) is 2. The first kappa shape index (κ1) is 25.0. The monoisotopic (exact) mass is 479 g/mol. The number of hydrogen-bond acceptors (Lipinski definition) is 5. The number of sulfonamides is 1. The SMILES string of the molecule is Cc1ccc(N(CC(=O)NN=Cc2ccc(OC(C)C)cc2)S(=O)(=O)c2ccccc2)cc1C. The van der Waals surface area contributed by atoms with Crippen LogP contribution in [0.2, 0.25) is 0 Å². The maximum Gasteiger partial charge on any atom is 0.264 e. The van der Waals surface area contributed by atoms with E-state index < -0.39 is 22.5 Å². The topological polar surface area (TPSA) is 88.1 Å². The summed E-state index contributed by atoms with van der Waals surface area (Å²) in [6.07, 6.45) is 1.56. The predicted octanol–water partition coefficient (Wildman–Crippen LogP) is 4.44. The van der Waals surface area contributed by atoms with Crippen molar-refractivity contribution in [3.05, 3.63) is 89.5 Å². The summed E-state index contributed by atoms with van der Waals surface area (Å²) in [5.41, 5.74) is 5.55. The first-order chi connectivity index (χ1) is 16.2. The van der Waals surface area contributed by atoms with Gasteiger partial charge in [0.15, 0.2) is 0 Å². The van der Waals surface area contributed by atoms with Crippen LogP contribution in [0.1, 0.15) is 30.5 Å². The lowest BCUT2D eigenvalue weighted by Gasteiger charge is -2.24. The van der Waals surface area contributed by atoms with Gasteiger partial charge in [0.2, 0.25) is 0 Å². The predicted molar refractivity (Wildman–Crippen MR) is 135 cm³/mol. The molecule has 1 amide bonds. The second kappa shape index (κ2) is 11.0. The van der Waals surface area contributed by atoms with Crippen LogP contribution < -0.4 is 14.5 Å². The van der Waals surface area contributed by atoms with Crippen molar-refractivity contribution in [3.63, 3.8) is 0 Å². The molecule has 0 aliphatic rings. The minimum Gasteiger partial charge on any atom is -0.491 e. The lowest BCUT2D eigenvalue weighted by molar-refractivity contribution is -0.119. The fourth-order valence-electron chi connectivity index (χ4n) is 3.16. The Balaban J connectivity index is 1.77. The first-order valence-electron chi connectivity index (χ1n) is 10.9. The number of anilines is 1. The summed E-state index contributed by atoms with van der Waals surface area (Å²) in [6, 6.07) is 20.6. The average molecular weight is 480 g/mol. The van der Waals surface area contributed by atoms with Gasteiger partial charge < -0.3 is 4.74 Å². The second-order valence-corrected chi connectivity index (χ2v) is 9.98. The van der Waals surface area contributed by atoms with Crippen LogP contribution >= 0.6 is 0 Å². The molecule has 0 radical (unpaired) electrons. The van der Waals surface area contributed by atoms with E-state index in [9.17, 15) is 13.2 Å². The Hall–Kier alpha value is -3.65. The van der Waals surface area contributed by atoms with Crippen molar-refractivity contribution in [2.45, 2.75) is 38.7 Å². The van der Waals surface area contributed by atoms with Crippen molar-refractivity contribution in [3.8, 4) is 5.75 Å². The Morgan fingerprint density at radius 3 is 2.29 bits per heavy atom. The zero-order chi connectivity index (χ0) is 24.7. The fourth-order valence-corrected chi connectivity index (χ4v) is 4.60. The molecule has 3 aromatic carbocycles. The molecule has 0 aliphatic heterocycles. The minimum absolute atomic E-state index is 0.0752. The lowest BCUT2D eigenvalue weighted by Crippen LogP contribution is -2.39. The zero-order valence-electron chi connectivity index (χ0n) is 19.7. The number of hydrogen-bond donors (Lipinski definition) is 1. The van der Waals surface area contributed by atoms with Crippen molar-refractivity contribution in [2.75, 3.05) is 10.8 Å². The van der Waals surface area contributed by atoms with Crippen LogP contribution in [0, 0.1) is 13.8 Å². The van der Waals surface area contributed by atoms with Crippen LogP contribution in [0.5, 0.6) is 5.75 Å². The highest BCUT2D eigenvalue weighted by molar-refractivity contribution is 7.92. The number of rotatable bonds is 9. The van der Waals surface area contributed by atoms with Crippen molar-refractivity contribution < 1.29 is 17.9 Å². The summed E-state index contributed by atoms with van der Waals surface area (Å²) in [5, 5.41) is 3.98. The number of benzene rings is 3. The van der Waals surface area contributed by atoms with E-state index in [2.05, 4.69) is 10.5 Å². The van der Waals surface area contributed by atoms with Gasteiger partial charge in [-0.25, -0.2) is 13.8 Å². The number of carbonyl (C=O) groups excluding carboxylic acids is 1. The maximum absolute atomic E-state index is 13.4. The Labute approximate surface area is 201 Å². The van der Waals surface area contributed by atoms with Crippen LogP contribution in [0.25, 0.3) is 0 Å². The molecule has 8 heteroatoms. The van der Waals surface area contributed by atoms with Crippen LogP contribution in [0.3, 0.4) is 0 Å². The molecule has 0 atom stereocenters. The third-order valence-electron chi connectivity index (χ3n) is 5.05. The number of hydrazone groups is 1. The summed E-state index contributed by atoms with van der Waals surface area (Å²) < 4.78 is 33.4. The molecule has 34 heavy (non-hydrogen) atoms. The largest absolute Gasteiger partial charge is 0.491 e. The van der Waals surface area contributed by atoms with E-state index in [-0.39, 0.29) is 11.0 Å². The average Bonchev–Trinajstić information content (AvgIpc) is 2.81. The highest BCUT2D eigenvalue weighted by atomic mass is 32.2. The Morgan fingerprint density at radius 2 is 1.68 bits per heavy atom. The fraction of sp³-hybridized carbons (Fsp3) is 0.231. The minimum atomic E-state index is -3.96. The maximum atomic E-state index is 13.4. The van der Waals surface area contributed by atoms with Gasteiger partial charge in [-0.05, 0) is 92.9 Å². The molecule has 178 valence electrons. The molecule has 0 saturated carbocycles. The van der Waals surface area contributed by atoms with Gasteiger partial charge in [0.25, 0.3) is 15.9 Å². The van der Waals surface area contributed by atoms with Crippen molar-refractivity contribution in [1.29, 1.82) is 0 Å². The molecule has 1 N–H and O–H groups in total. The standard InChI is InChI=1S/C26H29N3O4S/c1-19(2)33-24-14-11-22(12-15-24)17-27-28-26(30)18-29(23-13-10-20(3)21(4)16-23)34(31,32)25-8-6-5-7-9-25/h5-17,19H,18H2,1-4H3,(H,28,30). The number of nitrogens with one attached hydrogen (secondary N) is 1. The van der Waals surface area contributed by atoms with Crippen LogP contribution in [0.4, 0.5) is 5.69 Å². The molecule has 0 fully saturated rings. The van der Waals surface area contributed by atoms with Crippen LogP contribution in [-0.4, -0.2) is 33.2 Å². The normalized spacial score (nSPS) is 11.6. The van der Waals surface area contributed by atoms with Gasteiger partial charge in [0.1, 0.15) is 12.3 Å². The molecule has 0 bridgehead atoms. The second-order valence-electron chi connectivity index (χ2n) is 8.12. The van der Waals surface area contributed by atoms with Gasteiger partial charge in [-0.15, -0.1) is 0 Å². The van der Waals surface area contributed by atoms with Gasteiger partial charge in [-0.3, -0.25) is 9.10 Å². The van der Waals surface area contributed by atoms with E-state index in [1.807, 2.05) is 58.0 Å². The van der Waals surface area contributed by atoms with Gasteiger partial charge in [-0.1, -0.05) is 24.3 Å². The van der Waals surface area contributed by atoms with Crippen LogP contribution in [0.15, 0.2) is 82.8 Å². The highest BCUT2D eigenvalue weighted by Crippen LogP contribution is 2.25. The van der Waals surface area contributed by atoms with Gasteiger partial charge in [0, 0.05) is 0 Å². The molecular weight excluding hydrogens is 450 g/mol. The van der Waals surface area contributed by atoms with E-state index in [0.717, 1.165) is 26.7 Å². The smallest absolute Gasteiger partial charge is 0.264 e. The van der Waals surface area contributed by atoms with E-state index in [4.69, 9.17) is 4.74 Å². The van der Waals surface area contributed by atoms with Gasteiger partial charge in [0.05, 0.1) is 22.9 Å². The first-order valence-corrected chi connectivity index (χ1v) is 12.3. The molecule has 0 aromatic heterocycles. The Morgan fingerprint density at radius 1 is 1.00 bits per heavy atom. The highest BCUT2D eigenvalue weighted by Gasteiger charge is 2.27. The summed E-state index contributed by atoms with van der Waals surface area (Å²) in [4.78, 5) is 12.8. The molecule has 0 saturated heterocycles. The third-order valence-corrected chi connectivity index (χ3v) is 6.84. The number of amides is 1. The Bertz CT molecular complexity index is 1250. The quantitative estimate of drug-likeness (QED) is 0.363. The summed E-state index contributed by atoms with van der Waals surface area (Å²) in [5.74, 6) is 0.181. The third kappa shape index (κ3) is 6.45. The molecule has 7 nitrogen and oxygen atoms in total. The molecular formula is C26H29N3O4S. The number of carbonyl (C=O) groups is 1. The van der Waals surface area contributed by atoms with E-state index >= 15 is 0 Å². The van der Waals surface area contributed by atoms with Crippen LogP contribution in [-0.2, 0) is 14.8 Å². The van der Waals surface area contributed by atoms with Crippen molar-refractivity contribution in [2.24, 2.45) is 5.10 Å². The number of ether oxygens (including phenoxy) is 1. The van der Waals surface area contributed by atoms with E-state index in [1.54, 1.807) is 30.3 Å². The zero-order valence-corrected chi connectivity index (χ0v) is 20.5. The summed E-state index contributed by atoms with van der Waals surface area (Å²) in [7, 11) is -3.96. The summed E-state index contributed by atoms with van der Waals surface area (Å²) in [6.45, 7) is 7.32. The molecule has 0 unspecified atom stereocenters. The lowest BCUT2D eigenvalue weighted by atomic mass is 10.1. The molecule has 3 aromatic rings. The van der Waals surface area contributed by atoms with Crippen molar-refractivity contribution in [1.82, 2.24) is 5.43 Å². The molecule has 0 aliphatic carbocycles. The van der Waals surface area contributed by atoms with Gasteiger partial charge >= 0.3 is 0 Å². The van der Waals surface area contributed by atoms with E-state index in [0.29, 0.717) is 5.69 Å². The molecule has 0 heterocycles.